The SMILES string of the molecule is COc1nn(-c2cnc(CF)cn2)cc1CNC(=O)[C@@H]1C[C@@H](F)CN1. The summed E-state index contributed by atoms with van der Waals surface area (Å²) in [5.41, 5.74) is 0.854. The molecule has 1 aliphatic heterocycles. The fraction of sp³-hybridized carbons (Fsp3) is 0.467. The van der Waals surface area contributed by atoms with E-state index >= 15 is 0 Å². The van der Waals surface area contributed by atoms with E-state index in [0.717, 1.165) is 0 Å². The van der Waals surface area contributed by atoms with Crippen molar-refractivity contribution < 1.29 is 18.3 Å². The monoisotopic (exact) mass is 352 g/mol. The van der Waals surface area contributed by atoms with Crippen molar-refractivity contribution >= 4 is 5.91 Å². The van der Waals surface area contributed by atoms with Crippen LogP contribution in [0.4, 0.5) is 8.78 Å². The predicted octanol–water partition coefficient (Wildman–Crippen LogP) is 0.457. The van der Waals surface area contributed by atoms with Gasteiger partial charge < -0.3 is 15.4 Å². The molecule has 10 heteroatoms. The number of nitrogens with zero attached hydrogens (tertiary/aromatic N) is 4. The summed E-state index contributed by atoms with van der Waals surface area (Å²) in [6.07, 6.45) is 3.52. The van der Waals surface area contributed by atoms with E-state index in [4.69, 9.17) is 4.74 Å². The Kier molecular flexibility index (Phi) is 5.17. The largest absolute Gasteiger partial charge is 0.480 e. The zero-order valence-corrected chi connectivity index (χ0v) is 13.6. The number of carbonyl (C=O) groups is 1. The first kappa shape index (κ1) is 17.2. The molecule has 0 aromatic carbocycles. The van der Waals surface area contributed by atoms with Crippen molar-refractivity contribution in [3.63, 3.8) is 0 Å². The lowest BCUT2D eigenvalue weighted by Gasteiger charge is -2.10. The third-order valence-electron chi connectivity index (χ3n) is 3.85. The van der Waals surface area contributed by atoms with Crippen molar-refractivity contribution in [2.24, 2.45) is 0 Å². The third kappa shape index (κ3) is 3.90. The van der Waals surface area contributed by atoms with E-state index in [9.17, 15) is 13.6 Å². The van der Waals surface area contributed by atoms with Gasteiger partial charge in [-0.2, -0.15) is 0 Å². The van der Waals surface area contributed by atoms with Crippen LogP contribution in [0.25, 0.3) is 5.82 Å². The Morgan fingerprint density at radius 2 is 2.32 bits per heavy atom. The lowest BCUT2D eigenvalue weighted by molar-refractivity contribution is -0.123. The minimum atomic E-state index is -1.00. The van der Waals surface area contributed by atoms with Gasteiger partial charge in [0.1, 0.15) is 12.8 Å². The minimum Gasteiger partial charge on any atom is -0.480 e. The van der Waals surface area contributed by atoms with Gasteiger partial charge in [-0.1, -0.05) is 0 Å². The molecule has 1 fully saturated rings. The van der Waals surface area contributed by atoms with Crippen molar-refractivity contribution in [1.82, 2.24) is 30.4 Å². The zero-order chi connectivity index (χ0) is 17.8. The second kappa shape index (κ2) is 7.51. The topological polar surface area (TPSA) is 94.0 Å². The summed E-state index contributed by atoms with van der Waals surface area (Å²) in [4.78, 5) is 20.0. The Balaban J connectivity index is 1.68. The number of aromatic nitrogens is 4. The van der Waals surface area contributed by atoms with E-state index in [-0.39, 0.29) is 31.1 Å². The quantitative estimate of drug-likeness (QED) is 0.784. The number of hydrogen-bond donors (Lipinski definition) is 2. The van der Waals surface area contributed by atoms with Crippen molar-refractivity contribution in [2.45, 2.75) is 31.9 Å². The number of carbonyl (C=O) groups excluding carboxylic acids is 1. The van der Waals surface area contributed by atoms with Gasteiger partial charge in [0, 0.05) is 25.7 Å². The Labute approximate surface area is 142 Å². The van der Waals surface area contributed by atoms with E-state index in [2.05, 4.69) is 25.7 Å². The smallest absolute Gasteiger partial charge is 0.238 e. The van der Waals surface area contributed by atoms with Gasteiger partial charge in [0.25, 0.3) is 0 Å². The fourth-order valence-corrected chi connectivity index (χ4v) is 2.54. The Morgan fingerprint density at radius 3 is 2.92 bits per heavy atom. The van der Waals surface area contributed by atoms with Gasteiger partial charge in [-0.05, 0) is 0 Å². The summed E-state index contributed by atoms with van der Waals surface area (Å²) >= 11 is 0. The van der Waals surface area contributed by atoms with E-state index in [1.165, 1.54) is 24.2 Å². The summed E-state index contributed by atoms with van der Waals surface area (Å²) in [5.74, 6) is 0.437. The summed E-state index contributed by atoms with van der Waals surface area (Å²) in [6.45, 7) is -0.331. The molecule has 1 saturated heterocycles. The highest BCUT2D eigenvalue weighted by Gasteiger charge is 2.29. The van der Waals surface area contributed by atoms with Crippen molar-refractivity contribution in [3.8, 4) is 11.7 Å². The highest BCUT2D eigenvalue weighted by atomic mass is 19.1. The van der Waals surface area contributed by atoms with Crippen LogP contribution in [0.3, 0.4) is 0 Å². The molecule has 3 rings (SSSR count). The van der Waals surface area contributed by atoms with E-state index < -0.39 is 18.9 Å². The summed E-state index contributed by atoms with van der Waals surface area (Å²) in [6, 6.07) is -0.532. The molecule has 1 aliphatic rings. The average molecular weight is 352 g/mol. The summed E-state index contributed by atoms with van der Waals surface area (Å²) in [5, 5.41) is 9.77. The maximum absolute atomic E-state index is 13.1. The predicted molar refractivity (Wildman–Crippen MR) is 83.7 cm³/mol. The first-order valence-corrected chi connectivity index (χ1v) is 7.75. The van der Waals surface area contributed by atoms with E-state index in [1.807, 2.05) is 0 Å². The molecule has 8 nitrogen and oxygen atoms in total. The van der Waals surface area contributed by atoms with Crippen molar-refractivity contribution in [2.75, 3.05) is 13.7 Å². The minimum absolute atomic E-state index is 0.165. The average Bonchev–Trinajstić information content (AvgIpc) is 3.26. The number of rotatable bonds is 6. The molecule has 0 bridgehead atoms. The molecule has 2 aromatic rings. The van der Waals surface area contributed by atoms with Gasteiger partial charge in [-0.3, -0.25) is 9.78 Å². The van der Waals surface area contributed by atoms with Gasteiger partial charge >= 0.3 is 0 Å². The molecule has 134 valence electrons. The van der Waals surface area contributed by atoms with Crippen LogP contribution in [0.15, 0.2) is 18.6 Å². The van der Waals surface area contributed by atoms with E-state index in [1.54, 1.807) is 6.20 Å². The van der Waals surface area contributed by atoms with Gasteiger partial charge in [-0.15, -0.1) is 5.10 Å². The maximum atomic E-state index is 13.1. The van der Waals surface area contributed by atoms with Crippen molar-refractivity contribution in [1.29, 1.82) is 0 Å². The van der Waals surface area contributed by atoms with Crippen LogP contribution >= 0.6 is 0 Å². The molecule has 2 aromatic heterocycles. The number of hydrogen-bond acceptors (Lipinski definition) is 6. The Morgan fingerprint density at radius 1 is 1.48 bits per heavy atom. The second-order valence-electron chi connectivity index (χ2n) is 5.62. The number of amides is 1. The van der Waals surface area contributed by atoms with Crippen LogP contribution in [0.2, 0.25) is 0 Å². The number of nitrogens with one attached hydrogen (secondary N) is 2. The van der Waals surface area contributed by atoms with Crippen LogP contribution in [-0.4, -0.2) is 51.5 Å². The molecule has 0 spiro atoms. The Hall–Kier alpha value is -2.62. The maximum Gasteiger partial charge on any atom is 0.238 e. The fourth-order valence-electron chi connectivity index (χ4n) is 2.54. The molecule has 0 radical (unpaired) electrons. The molecule has 25 heavy (non-hydrogen) atoms. The second-order valence-corrected chi connectivity index (χ2v) is 5.62. The summed E-state index contributed by atoms with van der Waals surface area (Å²) in [7, 11) is 1.46. The van der Waals surface area contributed by atoms with Crippen LogP contribution in [0.5, 0.6) is 5.88 Å². The van der Waals surface area contributed by atoms with Crippen LogP contribution in [-0.2, 0) is 18.0 Å². The molecule has 2 N–H and O–H groups in total. The lowest BCUT2D eigenvalue weighted by Crippen LogP contribution is -2.40. The van der Waals surface area contributed by atoms with Crippen LogP contribution in [0.1, 0.15) is 17.7 Å². The molecule has 0 aliphatic carbocycles. The number of halogens is 2. The van der Waals surface area contributed by atoms with Crippen LogP contribution in [0, 0.1) is 0 Å². The van der Waals surface area contributed by atoms with Gasteiger partial charge in [-0.25, -0.2) is 18.4 Å². The molecule has 2 atom stereocenters. The first-order valence-electron chi connectivity index (χ1n) is 7.75. The van der Waals surface area contributed by atoms with Gasteiger partial charge in [0.15, 0.2) is 5.82 Å². The number of alkyl halides is 2. The molecule has 0 saturated carbocycles. The Bertz CT molecular complexity index is 736. The molecule has 1 amide bonds. The number of methoxy groups -OCH3 is 1. The highest BCUT2D eigenvalue weighted by molar-refractivity contribution is 5.82. The summed E-state index contributed by atoms with van der Waals surface area (Å²) < 4.78 is 32.3. The zero-order valence-electron chi connectivity index (χ0n) is 13.6. The highest BCUT2D eigenvalue weighted by Crippen LogP contribution is 2.18. The third-order valence-corrected chi connectivity index (χ3v) is 3.85. The molecule has 3 heterocycles. The lowest BCUT2D eigenvalue weighted by atomic mass is 10.2. The van der Waals surface area contributed by atoms with Crippen LogP contribution < -0.4 is 15.4 Å². The molecular formula is C15H18F2N6O2. The van der Waals surface area contributed by atoms with E-state index in [0.29, 0.717) is 17.3 Å². The molecule has 0 unspecified atom stereocenters. The molecular weight excluding hydrogens is 334 g/mol. The normalized spacial score (nSPS) is 19.8. The first-order chi connectivity index (χ1) is 12.1. The number of ether oxygens (including phenoxy) is 1. The van der Waals surface area contributed by atoms with Gasteiger partial charge in [0.2, 0.25) is 11.8 Å². The van der Waals surface area contributed by atoms with Crippen molar-refractivity contribution in [3.05, 3.63) is 29.8 Å². The standard InChI is InChI=1S/C15H18F2N6O2/c1-25-15-9(4-21-14(24)12-2-10(17)5-19-12)8-23(22-15)13-7-18-11(3-16)6-20-13/h6-8,10,12,19H,2-5H2,1H3,(H,21,24)/t10-,12+/m1/s1. The van der Waals surface area contributed by atoms with Gasteiger partial charge in [0.05, 0.1) is 36.8 Å².